The summed E-state index contributed by atoms with van der Waals surface area (Å²) in [4.78, 5) is 23.7. The van der Waals surface area contributed by atoms with Crippen LogP contribution in [0.5, 0.6) is 0 Å². The van der Waals surface area contributed by atoms with Gasteiger partial charge in [-0.2, -0.15) is 0 Å². The molecule has 0 radical (unpaired) electrons. The van der Waals surface area contributed by atoms with Crippen molar-refractivity contribution in [3.8, 4) is 0 Å². The van der Waals surface area contributed by atoms with Gasteiger partial charge in [0.2, 0.25) is 5.91 Å². The fourth-order valence-electron chi connectivity index (χ4n) is 1.58. The molecule has 0 aliphatic carbocycles. The van der Waals surface area contributed by atoms with Crippen molar-refractivity contribution in [3.05, 3.63) is 29.3 Å². The molecule has 0 fully saturated rings. The lowest BCUT2D eigenvalue weighted by molar-refractivity contribution is -0.141. The first-order chi connectivity index (χ1) is 9.52. The monoisotopic (exact) mass is 315 g/mol. The van der Waals surface area contributed by atoms with Crippen LogP contribution in [0.4, 0.5) is 0 Å². The van der Waals surface area contributed by atoms with Crippen molar-refractivity contribution in [2.45, 2.75) is 37.1 Å². The molecule has 1 atom stereocenters. The Morgan fingerprint density at radius 3 is 2.55 bits per heavy atom. The largest absolute Gasteiger partial charge is 0.480 e. The maximum atomic E-state index is 11.7. The number of aliphatic carboxylic acids is 1. The summed E-state index contributed by atoms with van der Waals surface area (Å²) < 4.78 is 0. The highest BCUT2D eigenvalue weighted by atomic mass is 35.5. The predicted octanol–water partition coefficient (Wildman–Crippen LogP) is 3.19. The molecule has 110 valence electrons. The van der Waals surface area contributed by atoms with Crippen LogP contribution in [0, 0.1) is 0 Å². The molecule has 0 heterocycles. The summed E-state index contributed by atoms with van der Waals surface area (Å²) in [6.45, 7) is 1.98. The third-order valence-electron chi connectivity index (χ3n) is 2.66. The van der Waals surface area contributed by atoms with Crippen LogP contribution in [-0.2, 0) is 9.59 Å². The summed E-state index contributed by atoms with van der Waals surface area (Å²) in [6, 6.07) is 6.36. The molecule has 0 aliphatic rings. The van der Waals surface area contributed by atoms with E-state index in [0.29, 0.717) is 11.4 Å². The van der Waals surface area contributed by atoms with Crippen molar-refractivity contribution >= 4 is 35.2 Å². The molecule has 0 saturated carbocycles. The molecule has 1 amide bonds. The Bertz CT molecular complexity index is 450. The Kier molecular flexibility index (Phi) is 7.47. The summed E-state index contributed by atoms with van der Waals surface area (Å²) in [5, 5.41) is 12.2. The van der Waals surface area contributed by atoms with Crippen LogP contribution in [0.25, 0.3) is 0 Å². The van der Waals surface area contributed by atoms with Crippen LogP contribution in [-0.4, -0.2) is 28.8 Å². The minimum absolute atomic E-state index is 0.192. The van der Waals surface area contributed by atoms with Gasteiger partial charge in [-0.15, -0.1) is 11.8 Å². The molecule has 4 nitrogen and oxygen atoms in total. The van der Waals surface area contributed by atoms with Crippen LogP contribution in [0.2, 0.25) is 5.02 Å². The Hall–Kier alpha value is -1.20. The average molecular weight is 316 g/mol. The zero-order valence-electron chi connectivity index (χ0n) is 11.3. The van der Waals surface area contributed by atoms with Crippen molar-refractivity contribution in [2.75, 3.05) is 5.75 Å². The molecule has 0 aromatic heterocycles. The highest BCUT2D eigenvalue weighted by Crippen LogP contribution is 2.20. The van der Waals surface area contributed by atoms with Crippen LogP contribution in [0.3, 0.4) is 0 Å². The van der Waals surface area contributed by atoms with Gasteiger partial charge in [0.05, 0.1) is 5.75 Å². The summed E-state index contributed by atoms with van der Waals surface area (Å²) in [7, 11) is 0. The van der Waals surface area contributed by atoms with E-state index < -0.39 is 12.0 Å². The second-order valence-electron chi connectivity index (χ2n) is 4.34. The van der Waals surface area contributed by atoms with E-state index in [9.17, 15) is 9.59 Å². The number of thioether (sulfide) groups is 1. The number of carboxylic acid groups (broad SMARTS) is 1. The van der Waals surface area contributed by atoms with Crippen molar-refractivity contribution < 1.29 is 14.7 Å². The van der Waals surface area contributed by atoms with Gasteiger partial charge in [-0.05, 0) is 30.7 Å². The van der Waals surface area contributed by atoms with Crippen LogP contribution in [0.15, 0.2) is 29.2 Å². The minimum Gasteiger partial charge on any atom is -0.480 e. The van der Waals surface area contributed by atoms with E-state index >= 15 is 0 Å². The number of carboxylic acids is 1. The minimum atomic E-state index is -0.983. The normalized spacial score (nSPS) is 11.9. The van der Waals surface area contributed by atoms with Gasteiger partial charge in [0.1, 0.15) is 6.04 Å². The summed E-state index contributed by atoms with van der Waals surface area (Å²) >= 11 is 7.12. The third kappa shape index (κ3) is 6.30. The fourth-order valence-corrected chi connectivity index (χ4v) is 2.42. The molecule has 2 N–H and O–H groups in total. The molecule has 0 bridgehead atoms. The molecular formula is C14H18ClNO3S. The highest BCUT2D eigenvalue weighted by Gasteiger charge is 2.18. The molecule has 6 heteroatoms. The number of amides is 1. The Labute approximate surface area is 127 Å². The number of halogens is 1. The molecule has 1 unspecified atom stereocenters. The Morgan fingerprint density at radius 1 is 1.35 bits per heavy atom. The molecule has 1 rings (SSSR count). The SMILES string of the molecule is CCCCC(NC(=O)CSc1ccc(Cl)cc1)C(=O)O. The van der Waals surface area contributed by atoms with E-state index in [1.807, 2.05) is 19.1 Å². The molecule has 0 saturated heterocycles. The third-order valence-corrected chi connectivity index (χ3v) is 3.93. The topological polar surface area (TPSA) is 66.4 Å². The van der Waals surface area contributed by atoms with E-state index in [1.54, 1.807) is 12.1 Å². The van der Waals surface area contributed by atoms with Gasteiger partial charge >= 0.3 is 5.97 Å². The number of nitrogens with one attached hydrogen (secondary N) is 1. The summed E-state index contributed by atoms with van der Waals surface area (Å²) in [5.41, 5.74) is 0. The Balaban J connectivity index is 2.41. The van der Waals surface area contributed by atoms with Gasteiger partial charge in [0.15, 0.2) is 0 Å². The first-order valence-corrected chi connectivity index (χ1v) is 7.79. The van der Waals surface area contributed by atoms with E-state index in [-0.39, 0.29) is 11.7 Å². The quantitative estimate of drug-likeness (QED) is 0.723. The first-order valence-electron chi connectivity index (χ1n) is 6.43. The fraction of sp³-hybridized carbons (Fsp3) is 0.429. The molecule has 1 aromatic rings. The van der Waals surface area contributed by atoms with Crippen molar-refractivity contribution in [2.24, 2.45) is 0 Å². The lowest BCUT2D eigenvalue weighted by atomic mass is 10.1. The molecular weight excluding hydrogens is 298 g/mol. The smallest absolute Gasteiger partial charge is 0.326 e. The van der Waals surface area contributed by atoms with Crippen LogP contribution < -0.4 is 5.32 Å². The van der Waals surface area contributed by atoms with E-state index in [2.05, 4.69) is 5.32 Å². The maximum Gasteiger partial charge on any atom is 0.326 e. The van der Waals surface area contributed by atoms with Gasteiger partial charge in [0, 0.05) is 9.92 Å². The zero-order valence-corrected chi connectivity index (χ0v) is 12.8. The average Bonchev–Trinajstić information content (AvgIpc) is 2.42. The van der Waals surface area contributed by atoms with Crippen molar-refractivity contribution in [3.63, 3.8) is 0 Å². The van der Waals surface area contributed by atoms with Gasteiger partial charge < -0.3 is 10.4 Å². The molecule has 0 aliphatic heterocycles. The first kappa shape index (κ1) is 16.9. The van der Waals surface area contributed by atoms with E-state index in [1.165, 1.54) is 11.8 Å². The van der Waals surface area contributed by atoms with Crippen molar-refractivity contribution in [1.29, 1.82) is 0 Å². The van der Waals surface area contributed by atoms with Crippen molar-refractivity contribution in [1.82, 2.24) is 5.32 Å². The number of hydrogen-bond acceptors (Lipinski definition) is 3. The molecule has 0 spiro atoms. The van der Waals surface area contributed by atoms with Gasteiger partial charge in [0.25, 0.3) is 0 Å². The predicted molar refractivity (Wildman–Crippen MR) is 81.3 cm³/mol. The summed E-state index contributed by atoms with van der Waals surface area (Å²) in [5.74, 6) is -1.06. The number of benzene rings is 1. The standard InChI is InChI=1S/C14H18ClNO3S/c1-2-3-4-12(14(18)19)16-13(17)9-20-11-7-5-10(15)6-8-11/h5-8,12H,2-4,9H2,1H3,(H,16,17)(H,18,19). The number of carbonyl (C=O) groups is 2. The lowest BCUT2D eigenvalue weighted by Crippen LogP contribution is -2.41. The second-order valence-corrected chi connectivity index (χ2v) is 5.83. The zero-order chi connectivity index (χ0) is 15.0. The molecule has 20 heavy (non-hydrogen) atoms. The van der Waals surface area contributed by atoms with Gasteiger partial charge in [-0.25, -0.2) is 4.79 Å². The van der Waals surface area contributed by atoms with Crippen LogP contribution in [0.1, 0.15) is 26.2 Å². The summed E-state index contributed by atoms with van der Waals surface area (Å²) in [6.07, 6.45) is 2.14. The van der Waals surface area contributed by atoms with Crippen LogP contribution >= 0.6 is 23.4 Å². The number of unbranched alkanes of at least 4 members (excludes halogenated alkanes) is 1. The molecule has 1 aromatic carbocycles. The van der Waals surface area contributed by atoms with Gasteiger partial charge in [-0.1, -0.05) is 31.4 Å². The number of carbonyl (C=O) groups excluding carboxylic acids is 1. The highest BCUT2D eigenvalue weighted by molar-refractivity contribution is 8.00. The van der Waals surface area contributed by atoms with E-state index in [0.717, 1.165) is 17.7 Å². The van der Waals surface area contributed by atoms with Gasteiger partial charge in [-0.3, -0.25) is 4.79 Å². The maximum absolute atomic E-state index is 11.7. The number of hydrogen-bond donors (Lipinski definition) is 2. The number of rotatable bonds is 8. The second kappa shape index (κ2) is 8.87. The Morgan fingerprint density at radius 2 is 2.00 bits per heavy atom. The van der Waals surface area contributed by atoms with E-state index in [4.69, 9.17) is 16.7 Å². The lowest BCUT2D eigenvalue weighted by Gasteiger charge is -2.13.